The molecule has 94 valence electrons. The van der Waals surface area contributed by atoms with Gasteiger partial charge in [-0.3, -0.25) is 4.79 Å². The van der Waals surface area contributed by atoms with Gasteiger partial charge in [-0.2, -0.15) is 4.98 Å². The number of rotatable bonds is 3. The molecule has 0 saturated carbocycles. The summed E-state index contributed by atoms with van der Waals surface area (Å²) in [6.45, 7) is 1.95. The maximum absolute atomic E-state index is 11.9. The Kier molecular flexibility index (Phi) is 3.81. The Hall–Kier alpha value is -1.62. The minimum Gasteiger partial charge on any atom is -0.493 e. The molecule has 1 heterocycles. The van der Waals surface area contributed by atoms with Crippen LogP contribution in [-0.4, -0.2) is 15.1 Å². The monoisotopic (exact) mass is 308 g/mol. The van der Waals surface area contributed by atoms with Crippen LogP contribution in [0, 0.1) is 0 Å². The number of nitrogens with zero attached hydrogens (tertiary/aromatic N) is 1. The van der Waals surface area contributed by atoms with Crippen molar-refractivity contribution in [2.75, 3.05) is 0 Å². The predicted octanol–water partition coefficient (Wildman–Crippen LogP) is 2.86. The van der Waals surface area contributed by atoms with E-state index in [1.807, 2.05) is 31.2 Å². The summed E-state index contributed by atoms with van der Waals surface area (Å²) >= 11 is 3.39. The van der Waals surface area contributed by atoms with Gasteiger partial charge in [0.2, 0.25) is 5.88 Å². The van der Waals surface area contributed by atoms with Gasteiger partial charge in [-0.15, -0.1) is 0 Å². The predicted molar refractivity (Wildman–Crippen MR) is 73.7 cm³/mol. The van der Waals surface area contributed by atoms with E-state index in [1.54, 1.807) is 0 Å². The minimum atomic E-state index is -0.282. The van der Waals surface area contributed by atoms with Crippen molar-refractivity contribution in [1.29, 1.82) is 0 Å². The molecule has 1 aromatic heterocycles. The highest BCUT2D eigenvalue weighted by Crippen LogP contribution is 2.25. The summed E-state index contributed by atoms with van der Waals surface area (Å²) in [4.78, 5) is 18.6. The van der Waals surface area contributed by atoms with E-state index in [0.717, 1.165) is 16.5 Å². The van der Waals surface area contributed by atoms with Gasteiger partial charge in [0.1, 0.15) is 5.82 Å². The maximum atomic E-state index is 11.9. The lowest BCUT2D eigenvalue weighted by Gasteiger charge is -2.06. The molecule has 18 heavy (non-hydrogen) atoms. The average Bonchev–Trinajstić information content (AvgIpc) is 2.34. The van der Waals surface area contributed by atoms with Crippen LogP contribution in [0.3, 0.4) is 0 Å². The summed E-state index contributed by atoms with van der Waals surface area (Å²) in [6.07, 6.45) is 1.30. The van der Waals surface area contributed by atoms with Gasteiger partial charge in [0.25, 0.3) is 5.56 Å². The second-order valence-electron chi connectivity index (χ2n) is 3.95. The van der Waals surface area contributed by atoms with Crippen LogP contribution in [0.5, 0.6) is 5.88 Å². The Morgan fingerprint density at radius 2 is 2.11 bits per heavy atom. The first kappa shape index (κ1) is 12.8. The van der Waals surface area contributed by atoms with E-state index in [0.29, 0.717) is 17.8 Å². The fourth-order valence-electron chi connectivity index (χ4n) is 1.74. The van der Waals surface area contributed by atoms with Crippen molar-refractivity contribution in [2.45, 2.75) is 19.8 Å². The normalized spacial score (nSPS) is 10.6. The lowest BCUT2D eigenvalue weighted by Crippen LogP contribution is -2.15. The molecular formula is C13H13BrN2O2. The van der Waals surface area contributed by atoms with Crippen LogP contribution in [0.2, 0.25) is 0 Å². The number of aromatic nitrogens is 2. The maximum Gasteiger partial charge on any atom is 0.258 e. The third-order valence-corrected chi connectivity index (χ3v) is 3.31. The Balaban J connectivity index is 2.55. The largest absolute Gasteiger partial charge is 0.493 e. The van der Waals surface area contributed by atoms with E-state index >= 15 is 0 Å². The number of halogens is 1. The lowest BCUT2D eigenvalue weighted by molar-refractivity contribution is 0.443. The number of benzene rings is 1. The zero-order chi connectivity index (χ0) is 13.1. The molecule has 0 unspecified atom stereocenters. The number of hydrogen-bond donors (Lipinski definition) is 2. The van der Waals surface area contributed by atoms with Crippen molar-refractivity contribution < 1.29 is 5.11 Å². The fraction of sp³-hybridized carbons (Fsp3) is 0.231. The molecule has 0 aliphatic carbocycles. The Morgan fingerprint density at radius 1 is 1.39 bits per heavy atom. The summed E-state index contributed by atoms with van der Waals surface area (Å²) < 4.78 is 0.816. The topological polar surface area (TPSA) is 66.0 Å². The molecule has 0 saturated heterocycles. The highest BCUT2D eigenvalue weighted by atomic mass is 79.9. The molecule has 0 atom stereocenters. The van der Waals surface area contributed by atoms with E-state index in [1.165, 1.54) is 0 Å². The Labute approximate surface area is 113 Å². The molecule has 0 spiro atoms. The van der Waals surface area contributed by atoms with Crippen LogP contribution in [0.4, 0.5) is 0 Å². The summed E-state index contributed by atoms with van der Waals surface area (Å²) in [7, 11) is 0. The Morgan fingerprint density at radius 3 is 2.72 bits per heavy atom. The van der Waals surface area contributed by atoms with Crippen LogP contribution in [0.1, 0.15) is 18.9 Å². The van der Waals surface area contributed by atoms with Gasteiger partial charge in [-0.25, -0.2) is 0 Å². The summed E-state index contributed by atoms with van der Waals surface area (Å²) in [5.41, 5.74) is 0.802. The minimum absolute atomic E-state index is 0.189. The Bertz CT molecular complexity index is 623. The molecule has 4 nitrogen and oxygen atoms in total. The van der Waals surface area contributed by atoms with Gasteiger partial charge >= 0.3 is 0 Å². The van der Waals surface area contributed by atoms with E-state index in [9.17, 15) is 9.90 Å². The van der Waals surface area contributed by atoms with E-state index in [-0.39, 0.29) is 11.4 Å². The van der Waals surface area contributed by atoms with Crippen molar-refractivity contribution in [3.05, 3.63) is 44.7 Å². The fourth-order valence-corrected chi connectivity index (χ4v) is 2.21. The zero-order valence-electron chi connectivity index (χ0n) is 9.90. The first-order valence-corrected chi connectivity index (χ1v) is 6.49. The number of H-pyrrole nitrogens is 1. The molecule has 1 aromatic carbocycles. The van der Waals surface area contributed by atoms with E-state index in [2.05, 4.69) is 25.9 Å². The first-order chi connectivity index (χ1) is 8.63. The summed E-state index contributed by atoms with van der Waals surface area (Å²) in [6, 6.07) is 7.39. The molecule has 0 aliphatic heterocycles. The molecule has 0 amide bonds. The number of nitrogens with one attached hydrogen (secondary N) is 1. The number of hydrogen-bond acceptors (Lipinski definition) is 3. The summed E-state index contributed by atoms with van der Waals surface area (Å²) in [5.74, 6) is 0.177. The molecular weight excluding hydrogens is 296 g/mol. The third-order valence-electron chi connectivity index (χ3n) is 2.62. The van der Waals surface area contributed by atoms with Crippen LogP contribution in [0.15, 0.2) is 33.5 Å². The van der Waals surface area contributed by atoms with E-state index in [4.69, 9.17) is 0 Å². The van der Waals surface area contributed by atoms with Gasteiger partial charge in [-0.1, -0.05) is 47.5 Å². The highest BCUT2D eigenvalue weighted by Gasteiger charge is 2.12. The van der Waals surface area contributed by atoms with Gasteiger partial charge in [0, 0.05) is 10.0 Å². The van der Waals surface area contributed by atoms with Gasteiger partial charge in [-0.05, 0) is 12.5 Å². The first-order valence-electron chi connectivity index (χ1n) is 5.70. The molecule has 0 bridgehead atoms. The average molecular weight is 309 g/mol. The molecule has 5 heteroatoms. The third kappa shape index (κ3) is 2.46. The van der Waals surface area contributed by atoms with Crippen molar-refractivity contribution in [2.24, 2.45) is 0 Å². The van der Waals surface area contributed by atoms with Crippen molar-refractivity contribution in [3.8, 4) is 17.3 Å². The van der Waals surface area contributed by atoms with Crippen LogP contribution < -0.4 is 5.56 Å². The molecule has 2 rings (SSSR count). The lowest BCUT2D eigenvalue weighted by atomic mass is 10.1. The molecule has 0 fully saturated rings. The van der Waals surface area contributed by atoms with Crippen LogP contribution >= 0.6 is 15.9 Å². The van der Waals surface area contributed by atoms with Crippen molar-refractivity contribution in [3.63, 3.8) is 0 Å². The molecule has 0 aliphatic rings. The van der Waals surface area contributed by atoms with Gasteiger partial charge in [0.05, 0.1) is 5.56 Å². The zero-order valence-corrected chi connectivity index (χ0v) is 11.5. The number of aromatic hydroxyl groups is 1. The second-order valence-corrected chi connectivity index (χ2v) is 4.80. The SMILES string of the molecule is CCCc1c(O)nc(-c2ccccc2Br)[nH]c1=O. The quantitative estimate of drug-likeness (QED) is 0.916. The molecule has 2 N–H and O–H groups in total. The summed E-state index contributed by atoms with van der Waals surface area (Å²) in [5, 5.41) is 9.81. The highest BCUT2D eigenvalue weighted by molar-refractivity contribution is 9.10. The van der Waals surface area contributed by atoms with Crippen molar-refractivity contribution >= 4 is 15.9 Å². The van der Waals surface area contributed by atoms with Gasteiger partial charge < -0.3 is 10.1 Å². The van der Waals surface area contributed by atoms with Crippen LogP contribution in [0.25, 0.3) is 11.4 Å². The van der Waals surface area contributed by atoms with Gasteiger partial charge in [0.15, 0.2) is 0 Å². The molecule has 2 aromatic rings. The van der Waals surface area contributed by atoms with Crippen molar-refractivity contribution in [1.82, 2.24) is 9.97 Å². The molecule has 0 radical (unpaired) electrons. The number of aromatic amines is 1. The standard InChI is InChI=1S/C13H13BrN2O2/c1-2-5-9-12(17)15-11(16-13(9)18)8-6-3-4-7-10(8)14/h3-4,6-7H,2,5H2,1H3,(H2,15,16,17,18). The smallest absolute Gasteiger partial charge is 0.258 e. The van der Waals surface area contributed by atoms with Crippen LogP contribution in [-0.2, 0) is 6.42 Å². The second kappa shape index (κ2) is 5.35. The van der Waals surface area contributed by atoms with E-state index < -0.39 is 0 Å².